The van der Waals surface area contributed by atoms with E-state index in [-0.39, 0.29) is 24.2 Å². The molecule has 13 nitrogen and oxygen atoms in total. The van der Waals surface area contributed by atoms with Crippen LogP contribution in [0.1, 0.15) is 77.0 Å². The smallest absolute Gasteiger partial charge is 0.337 e. The predicted molar refractivity (Wildman–Crippen MR) is 187 cm³/mol. The van der Waals surface area contributed by atoms with Gasteiger partial charge in [0.15, 0.2) is 17.0 Å². The van der Waals surface area contributed by atoms with E-state index in [1.165, 1.54) is 25.6 Å². The van der Waals surface area contributed by atoms with E-state index in [1.807, 2.05) is 47.9 Å². The number of amides is 1. The molecule has 0 radical (unpaired) electrons. The summed E-state index contributed by atoms with van der Waals surface area (Å²) in [6, 6.07) is 20.5. The van der Waals surface area contributed by atoms with Crippen LogP contribution in [-0.2, 0) is 16.0 Å². The lowest BCUT2D eigenvalue weighted by atomic mass is 10.1. The maximum absolute atomic E-state index is 14.6. The second-order valence-corrected chi connectivity index (χ2v) is 12.0. The minimum atomic E-state index is -0.486. The second-order valence-electron chi connectivity index (χ2n) is 12.0. The molecule has 0 bridgehead atoms. The summed E-state index contributed by atoms with van der Waals surface area (Å²) in [4.78, 5) is 58.2. The molecule has 13 heteroatoms. The number of hydrogen-bond acceptors (Lipinski definition) is 10. The molecule has 1 amide bonds. The summed E-state index contributed by atoms with van der Waals surface area (Å²) < 4.78 is 14.3. The normalized spacial score (nSPS) is 15.1. The van der Waals surface area contributed by atoms with Crippen molar-refractivity contribution in [3.8, 4) is 5.69 Å². The molecule has 0 spiro atoms. The van der Waals surface area contributed by atoms with Gasteiger partial charge in [0, 0.05) is 18.7 Å². The fourth-order valence-electron chi connectivity index (χ4n) is 6.30. The summed E-state index contributed by atoms with van der Waals surface area (Å²) >= 11 is 0. The van der Waals surface area contributed by atoms with E-state index >= 15 is 0 Å². The Morgan fingerprint density at radius 2 is 1.78 bits per heavy atom. The Labute approximate surface area is 287 Å². The van der Waals surface area contributed by atoms with E-state index in [4.69, 9.17) is 14.5 Å². The zero-order valence-corrected chi connectivity index (χ0v) is 27.7. The molecule has 0 saturated carbocycles. The van der Waals surface area contributed by atoms with Crippen LogP contribution in [0.15, 0.2) is 90.2 Å². The second kappa shape index (κ2) is 14.3. The third kappa shape index (κ3) is 6.30. The molecule has 1 saturated heterocycles. The Kier molecular flexibility index (Phi) is 9.30. The van der Waals surface area contributed by atoms with Crippen LogP contribution in [0.3, 0.4) is 0 Å². The topological polar surface area (TPSA) is 155 Å². The molecule has 3 aromatic carbocycles. The number of carbonyl (C=O) groups excluding carboxylic acids is 2. The molecule has 3 aromatic heterocycles. The number of aromatic nitrogens is 6. The Bertz CT molecular complexity index is 2230. The van der Waals surface area contributed by atoms with E-state index in [2.05, 4.69) is 25.6 Å². The average Bonchev–Trinajstić information content (AvgIpc) is 3.61. The fourth-order valence-corrected chi connectivity index (χ4v) is 6.30. The van der Waals surface area contributed by atoms with Crippen LogP contribution in [0.5, 0.6) is 0 Å². The maximum atomic E-state index is 14.6. The summed E-state index contributed by atoms with van der Waals surface area (Å²) in [7, 11) is 1.30. The van der Waals surface area contributed by atoms with Crippen molar-refractivity contribution in [3.63, 3.8) is 0 Å². The molecule has 1 fully saturated rings. The maximum Gasteiger partial charge on any atom is 0.337 e. The van der Waals surface area contributed by atoms with Crippen molar-refractivity contribution in [3.05, 3.63) is 118 Å². The number of methoxy groups -OCH3 is 1. The third-order valence-corrected chi connectivity index (χ3v) is 8.89. The van der Waals surface area contributed by atoms with Crippen LogP contribution < -0.4 is 16.2 Å². The monoisotopic (exact) mass is 672 g/mol. The molecule has 0 aliphatic carbocycles. The number of hydrogen-bond donors (Lipinski definition) is 2. The standard InChI is InChI=1S/C37H36N8O5/c1-3-27(42-32-31-34(40-21-39-32)44(22-41-31)29-14-7-8-19-50-29)33-43-28-13-9-10-25(30(28)36(47)45(33)26-11-5-4-6-12-26)20-38-35(46)23-15-17-24(18-16-23)37(48)49-2/h4-6,9-13,15-18,21-22,27,29H,3,7-8,14,19-20H2,1-2H3,(H,38,46)(H,39,40,42). The van der Waals surface area contributed by atoms with Gasteiger partial charge in [-0.3, -0.25) is 18.7 Å². The zero-order valence-electron chi connectivity index (χ0n) is 27.7. The Morgan fingerprint density at radius 3 is 2.52 bits per heavy atom. The van der Waals surface area contributed by atoms with Gasteiger partial charge in [0.2, 0.25) is 0 Å². The number of fused-ring (bicyclic) bond motifs is 2. The molecule has 6 aromatic rings. The van der Waals surface area contributed by atoms with Gasteiger partial charge in [0.05, 0.1) is 41.6 Å². The number of carbonyl (C=O) groups is 2. The lowest BCUT2D eigenvalue weighted by Crippen LogP contribution is -2.30. The number of para-hydroxylation sites is 1. The van der Waals surface area contributed by atoms with Crippen molar-refractivity contribution in [2.45, 2.75) is 51.4 Å². The first kappa shape index (κ1) is 32.6. The van der Waals surface area contributed by atoms with Gasteiger partial charge in [-0.1, -0.05) is 37.3 Å². The number of rotatable bonds is 10. The zero-order chi connectivity index (χ0) is 34.6. The van der Waals surface area contributed by atoms with Gasteiger partial charge < -0.3 is 20.1 Å². The van der Waals surface area contributed by atoms with E-state index in [0.29, 0.717) is 69.1 Å². The molecule has 1 aliphatic heterocycles. The van der Waals surface area contributed by atoms with Crippen molar-refractivity contribution in [2.24, 2.45) is 0 Å². The molecule has 254 valence electrons. The molecule has 2 N–H and O–H groups in total. The highest BCUT2D eigenvalue weighted by atomic mass is 16.5. The van der Waals surface area contributed by atoms with Crippen LogP contribution >= 0.6 is 0 Å². The van der Waals surface area contributed by atoms with E-state index in [0.717, 1.165) is 19.3 Å². The fraction of sp³-hybridized carbons (Fsp3) is 0.270. The van der Waals surface area contributed by atoms with Crippen molar-refractivity contribution in [1.29, 1.82) is 0 Å². The summed E-state index contributed by atoms with van der Waals surface area (Å²) in [5.74, 6) is 0.197. The Hall–Kier alpha value is -5.95. The van der Waals surface area contributed by atoms with E-state index in [9.17, 15) is 14.4 Å². The van der Waals surface area contributed by atoms with Crippen LogP contribution in [-0.4, -0.2) is 54.7 Å². The summed E-state index contributed by atoms with van der Waals surface area (Å²) in [6.45, 7) is 2.80. The average molecular weight is 673 g/mol. The number of nitrogens with one attached hydrogen (secondary N) is 2. The molecule has 7 rings (SSSR count). The lowest BCUT2D eigenvalue weighted by molar-refractivity contribution is -0.0298. The number of imidazole rings is 1. The van der Waals surface area contributed by atoms with Gasteiger partial charge in [0.1, 0.15) is 18.4 Å². The van der Waals surface area contributed by atoms with Gasteiger partial charge >= 0.3 is 5.97 Å². The summed E-state index contributed by atoms with van der Waals surface area (Å²) in [5.41, 5.74) is 3.48. The highest BCUT2D eigenvalue weighted by Crippen LogP contribution is 2.30. The quantitative estimate of drug-likeness (QED) is 0.178. The first-order valence-electron chi connectivity index (χ1n) is 16.6. The van der Waals surface area contributed by atoms with Gasteiger partial charge in [-0.15, -0.1) is 0 Å². The third-order valence-electron chi connectivity index (χ3n) is 8.89. The first-order chi connectivity index (χ1) is 24.5. The number of ether oxygens (including phenoxy) is 2. The largest absolute Gasteiger partial charge is 0.465 e. The van der Waals surface area contributed by atoms with Gasteiger partial charge in [-0.05, 0) is 73.7 Å². The first-order valence-corrected chi connectivity index (χ1v) is 16.6. The van der Waals surface area contributed by atoms with Gasteiger partial charge in [-0.2, -0.15) is 0 Å². The van der Waals surface area contributed by atoms with E-state index in [1.54, 1.807) is 35.2 Å². The molecule has 4 heterocycles. The van der Waals surface area contributed by atoms with Crippen LogP contribution in [0.4, 0.5) is 5.82 Å². The SMILES string of the molecule is CCC(Nc1ncnc2c1ncn2C1CCCCO1)c1nc2cccc(CNC(=O)c3ccc(C(=O)OC)cc3)c2c(=O)n1-c1ccccc1. The molecule has 1 aliphatic rings. The molecule has 50 heavy (non-hydrogen) atoms. The number of benzene rings is 3. The highest BCUT2D eigenvalue weighted by molar-refractivity contribution is 5.96. The Balaban J connectivity index is 1.24. The van der Waals surface area contributed by atoms with Crippen LogP contribution in [0, 0.1) is 0 Å². The van der Waals surface area contributed by atoms with Gasteiger partial charge in [-0.25, -0.2) is 24.7 Å². The number of esters is 1. The molecular formula is C37H36N8O5. The highest BCUT2D eigenvalue weighted by Gasteiger charge is 2.25. The summed E-state index contributed by atoms with van der Waals surface area (Å²) in [6.07, 6.45) is 6.69. The molecule has 2 unspecified atom stereocenters. The minimum Gasteiger partial charge on any atom is -0.465 e. The number of anilines is 1. The minimum absolute atomic E-state index is 0.0850. The molecule has 2 atom stereocenters. The van der Waals surface area contributed by atoms with Crippen molar-refractivity contribution in [2.75, 3.05) is 19.0 Å². The molecular weight excluding hydrogens is 636 g/mol. The van der Waals surface area contributed by atoms with Crippen molar-refractivity contribution < 1.29 is 19.1 Å². The Morgan fingerprint density at radius 1 is 0.980 bits per heavy atom. The van der Waals surface area contributed by atoms with E-state index < -0.39 is 12.0 Å². The van der Waals surface area contributed by atoms with Crippen LogP contribution in [0.25, 0.3) is 27.8 Å². The lowest BCUT2D eigenvalue weighted by Gasteiger charge is -2.24. The summed E-state index contributed by atoms with van der Waals surface area (Å²) in [5, 5.41) is 6.82. The van der Waals surface area contributed by atoms with Crippen LogP contribution in [0.2, 0.25) is 0 Å². The van der Waals surface area contributed by atoms with Crippen molar-refractivity contribution >= 4 is 39.8 Å². The van der Waals surface area contributed by atoms with Gasteiger partial charge in [0.25, 0.3) is 11.5 Å². The number of nitrogens with zero attached hydrogens (tertiary/aromatic N) is 6. The predicted octanol–water partition coefficient (Wildman–Crippen LogP) is 5.50. The van der Waals surface area contributed by atoms with Crippen molar-refractivity contribution in [1.82, 2.24) is 34.4 Å².